The van der Waals surface area contributed by atoms with E-state index in [1.807, 2.05) is 38.1 Å². The van der Waals surface area contributed by atoms with Gasteiger partial charge in [-0.05, 0) is 24.1 Å². The minimum atomic E-state index is -1.27. The SMILES string of the molecule is CC(C)C1NC2(C(=O)Nc3ccccc32)C2C(=O)N(c3ccc4c(c3)OCO4)C(=O)C12. The molecule has 6 rings (SSSR count). The molecular formula is C23H21N3O5. The van der Waals surface area contributed by atoms with Gasteiger partial charge in [0.05, 0.1) is 17.5 Å². The normalized spacial score (nSPS) is 30.4. The lowest BCUT2D eigenvalue weighted by Gasteiger charge is -2.30. The third kappa shape index (κ3) is 2.20. The number of carbonyl (C=O) groups is 3. The molecule has 4 aliphatic rings. The number of rotatable bonds is 2. The molecule has 0 radical (unpaired) electrons. The summed E-state index contributed by atoms with van der Waals surface area (Å²) in [7, 11) is 0. The second-order valence-electron chi connectivity index (χ2n) is 8.77. The van der Waals surface area contributed by atoms with Crippen LogP contribution in [0.3, 0.4) is 0 Å². The first-order valence-corrected chi connectivity index (χ1v) is 10.4. The van der Waals surface area contributed by atoms with E-state index in [0.717, 1.165) is 0 Å². The Bertz CT molecular complexity index is 1160. The van der Waals surface area contributed by atoms with Crippen molar-refractivity contribution in [2.45, 2.75) is 25.4 Å². The quantitative estimate of drug-likeness (QED) is 0.723. The standard InChI is InChI=1S/C23H21N3O5/c1-11(2)19-17-18(23(25-19)13-5-3-4-6-14(13)24-22(23)29)21(28)26(20(17)27)12-7-8-15-16(9-12)31-10-30-15/h3-9,11,17-19,25H,10H2,1-2H3,(H,24,29). The van der Waals surface area contributed by atoms with Gasteiger partial charge in [-0.2, -0.15) is 0 Å². The summed E-state index contributed by atoms with van der Waals surface area (Å²) in [5, 5.41) is 6.33. The minimum Gasteiger partial charge on any atom is -0.454 e. The fourth-order valence-electron chi connectivity index (χ4n) is 5.54. The Morgan fingerprint density at radius 3 is 2.61 bits per heavy atom. The van der Waals surface area contributed by atoms with Crippen LogP contribution in [0.1, 0.15) is 19.4 Å². The number of ether oxygens (including phenoxy) is 2. The molecule has 1 spiro atoms. The maximum absolute atomic E-state index is 13.8. The lowest BCUT2D eigenvalue weighted by Crippen LogP contribution is -2.54. The van der Waals surface area contributed by atoms with Crippen molar-refractivity contribution < 1.29 is 23.9 Å². The molecule has 3 amide bonds. The summed E-state index contributed by atoms with van der Waals surface area (Å²) in [4.78, 5) is 42.0. The molecule has 4 atom stereocenters. The van der Waals surface area contributed by atoms with Gasteiger partial charge in [0, 0.05) is 23.4 Å². The molecule has 2 fully saturated rings. The Kier molecular flexibility index (Phi) is 3.60. The molecule has 2 saturated heterocycles. The molecule has 0 aliphatic carbocycles. The molecule has 0 bridgehead atoms. The Labute approximate surface area is 178 Å². The summed E-state index contributed by atoms with van der Waals surface area (Å²) in [6.07, 6.45) is 0. The summed E-state index contributed by atoms with van der Waals surface area (Å²) >= 11 is 0. The fraction of sp³-hybridized carbons (Fsp3) is 0.348. The molecule has 2 N–H and O–H groups in total. The van der Waals surface area contributed by atoms with Crippen LogP contribution in [-0.2, 0) is 19.9 Å². The average Bonchev–Trinajstić information content (AvgIpc) is 3.47. The average molecular weight is 419 g/mol. The van der Waals surface area contributed by atoms with Gasteiger partial charge in [0.25, 0.3) is 0 Å². The smallest absolute Gasteiger partial charge is 0.250 e. The van der Waals surface area contributed by atoms with Crippen molar-refractivity contribution in [1.82, 2.24) is 5.32 Å². The third-order valence-corrected chi connectivity index (χ3v) is 6.89. The number of nitrogens with one attached hydrogen (secondary N) is 2. The molecule has 8 heteroatoms. The zero-order chi connectivity index (χ0) is 21.5. The van der Waals surface area contributed by atoms with Gasteiger partial charge >= 0.3 is 0 Å². The van der Waals surface area contributed by atoms with Crippen LogP contribution < -0.4 is 25.0 Å². The van der Waals surface area contributed by atoms with Crippen LogP contribution in [-0.4, -0.2) is 30.6 Å². The van der Waals surface area contributed by atoms with Gasteiger partial charge in [0.2, 0.25) is 24.5 Å². The van der Waals surface area contributed by atoms with Gasteiger partial charge in [-0.25, -0.2) is 4.90 Å². The van der Waals surface area contributed by atoms with Gasteiger partial charge < -0.3 is 14.8 Å². The van der Waals surface area contributed by atoms with E-state index in [2.05, 4.69) is 10.6 Å². The van der Waals surface area contributed by atoms with Gasteiger partial charge in [-0.15, -0.1) is 0 Å². The first-order chi connectivity index (χ1) is 14.9. The predicted octanol–water partition coefficient (Wildman–Crippen LogP) is 2.00. The van der Waals surface area contributed by atoms with Gasteiger partial charge in [-0.1, -0.05) is 32.0 Å². The first-order valence-electron chi connectivity index (χ1n) is 10.4. The molecule has 0 saturated carbocycles. The van der Waals surface area contributed by atoms with E-state index < -0.39 is 17.4 Å². The Balaban J connectivity index is 1.50. The van der Waals surface area contributed by atoms with Crippen LogP contribution in [0.5, 0.6) is 11.5 Å². The van der Waals surface area contributed by atoms with Gasteiger partial charge in [0.1, 0.15) is 5.54 Å². The lowest BCUT2D eigenvalue weighted by molar-refractivity contribution is -0.130. The van der Waals surface area contributed by atoms with Crippen molar-refractivity contribution in [2.24, 2.45) is 17.8 Å². The van der Waals surface area contributed by atoms with Crippen LogP contribution in [0.2, 0.25) is 0 Å². The molecule has 158 valence electrons. The summed E-state index contributed by atoms with van der Waals surface area (Å²) in [5.74, 6) is -1.33. The highest BCUT2D eigenvalue weighted by molar-refractivity contribution is 6.25. The zero-order valence-electron chi connectivity index (χ0n) is 17.0. The topological polar surface area (TPSA) is 97.0 Å². The number of para-hydroxylation sites is 1. The van der Waals surface area contributed by atoms with E-state index in [0.29, 0.717) is 28.4 Å². The highest BCUT2D eigenvalue weighted by Crippen LogP contribution is 2.54. The van der Waals surface area contributed by atoms with Crippen molar-refractivity contribution in [1.29, 1.82) is 0 Å². The molecule has 4 heterocycles. The lowest BCUT2D eigenvalue weighted by atomic mass is 9.76. The third-order valence-electron chi connectivity index (χ3n) is 6.89. The molecule has 31 heavy (non-hydrogen) atoms. The highest BCUT2D eigenvalue weighted by atomic mass is 16.7. The van der Waals surface area contributed by atoms with Crippen LogP contribution in [0, 0.1) is 17.8 Å². The highest BCUT2D eigenvalue weighted by Gasteiger charge is 2.70. The Morgan fingerprint density at radius 1 is 1.03 bits per heavy atom. The number of nitrogens with zero attached hydrogens (tertiary/aromatic N) is 1. The Morgan fingerprint density at radius 2 is 1.81 bits per heavy atom. The number of imide groups is 1. The maximum atomic E-state index is 13.8. The number of fused-ring (bicyclic) bond motifs is 5. The molecule has 2 aromatic carbocycles. The van der Waals surface area contributed by atoms with Gasteiger partial charge in [0.15, 0.2) is 11.5 Å². The summed E-state index contributed by atoms with van der Waals surface area (Å²) in [5.41, 5.74) is 0.545. The molecule has 0 aromatic heterocycles. The number of carbonyl (C=O) groups excluding carboxylic acids is 3. The van der Waals surface area contributed by atoms with E-state index >= 15 is 0 Å². The van der Waals surface area contributed by atoms with Crippen LogP contribution in [0.4, 0.5) is 11.4 Å². The van der Waals surface area contributed by atoms with Crippen molar-refractivity contribution in [2.75, 3.05) is 17.0 Å². The zero-order valence-corrected chi connectivity index (χ0v) is 17.0. The molecule has 4 unspecified atom stereocenters. The number of anilines is 2. The summed E-state index contributed by atoms with van der Waals surface area (Å²) < 4.78 is 10.8. The summed E-state index contributed by atoms with van der Waals surface area (Å²) in [6.45, 7) is 4.09. The van der Waals surface area contributed by atoms with Crippen molar-refractivity contribution in [3.05, 3.63) is 48.0 Å². The van der Waals surface area contributed by atoms with E-state index in [1.165, 1.54) is 4.90 Å². The number of hydrogen-bond donors (Lipinski definition) is 2. The van der Waals surface area contributed by atoms with Crippen molar-refractivity contribution in [3.8, 4) is 11.5 Å². The fourth-order valence-corrected chi connectivity index (χ4v) is 5.54. The molecule has 4 aliphatic heterocycles. The largest absolute Gasteiger partial charge is 0.454 e. The molecule has 8 nitrogen and oxygen atoms in total. The second-order valence-corrected chi connectivity index (χ2v) is 8.77. The van der Waals surface area contributed by atoms with Crippen LogP contribution in [0.25, 0.3) is 0 Å². The number of amides is 3. The minimum absolute atomic E-state index is 0.0425. The monoisotopic (exact) mass is 419 g/mol. The van der Waals surface area contributed by atoms with E-state index in [1.54, 1.807) is 18.2 Å². The van der Waals surface area contributed by atoms with Crippen molar-refractivity contribution >= 4 is 29.1 Å². The van der Waals surface area contributed by atoms with Crippen LogP contribution >= 0.6 is 0 Å². The first kappa shape index (κ1) is 18.4. The maximum Gasteiger partial charge on any atom is 0.250 e. The second kappa shape index (κ2) is 6.07. The Hall–Kier alpha value is -3.39. The number of hydrogen-bond acceptors (Lipinski definition) is 6. The van der Waals surface area contributed by atoms with Gasteiger partial charge in [-0.3, -0.25) is 19.7 Å². The van der Waals surface area contributed by atoms with Crippen LogP contribution in [0.15, 0.2) is 42.5 Å². The van der Waals surface area contributed by atoms with Crippen molar-refractivity contribution in [3.63, 3.8) is 0 Å². The molecular weight excluding hydrogens is 398 g/mol. The molecule has 2 aromatic rings. The van der Waals surface area contributed by atoms with E-state index in [4.69, 9.17) is 9.47 Å². The predicted molar refractivity (Wildman–Crippen MR) is 111 cm³/mol. The van der Waals surface area contributed by atoms with E-state index in [-0.39, 0.29) is 36.5 Å². The van der Waals surface area contributed by atoms with E-state index in [9.17, 15) is 14.4 Å². The summed E-state index contributed by atoms with van der Waals surface area (Å²) in [6, 6.07) is 12.0. The number of benzene rings is 2.